The summed E-state index contributed by atoms with van der Waals surface area (Å²) in [6, 6.07) is 10.1. The Labute approximate surface area is 158 Å². The molecule has 2 aromatic rings. The summed E-state index contributed by atoms with van der Waals surface area (Å²) in [5.74, 6) is -1.02. The summed E-state index contributed by atoms with van der Waals surface area (Å²) >= 11 is 12.9. The fourth-order valence-electron chi connectivity index (χ4n) is 1.75. The minimum absolute atomic E-state index is 0.0386. The highest BCUT2D eigenvalue weighted by atomic mass is 35.5. The summed E-state index contributed by atoms with van der Waals surface area (Å²) in [4.78, 5) is 23.9. The summed E-state index contributed by atoms with van der Waals surface area (Å²) in [5.41, 5.74) is 0.480. The predicted octanol–water partition coefficient (Wildman–Crippen LogP) is 4.80. The number of hydrogen-bond acceptors (Lipinski definition) is 4. The van der Waals surface area contributed by atoms with Gasteiger partial charge in [0.1, 0.15) is 16.1 Å². The molecule has 0 saturated heterocycles. The third kappa shape index (κ3) is 5.92. The minimum atomic E-state index is -0.589. The number of anilines is 1. The van der Waals surface area contributed by atoms with Crippen molar-refractivity contribution in [3.63, 3.8) is 0 Å². The van der Waals surface area contributed by atoms with Gasteiger partial charge < -0.3 is 10.1 Å². The Morgan fingerprint density at radius 1 is 1.20 bits per heavy atom. The molecule has 4 nitrogen and oxygen atoms in total. The van der Waals surface area contributed by atoms with E-state index >= 15 is 0 Å². The van der Waals surface area contributed by atoms with Crippen LogP contribution in [0.2, 0.25) is 10.0 Å². The lowest BCUT2D eigenvalue weighted by Gasteiger charge is -2.12. The average molecular weight is 402 g/mol. The highest BCUT2D eigenvalue weighted by Gasteiger charge is 2.19. The third-order valence-electron chi connectivity index (χ3n) is 3.05. The number of benzene rings is 2. The molecule has 1 N–H and O–H groups in total. The van der Waals surface area contributed by atoms with Gasteiger partial charge in [-0.1, -0.05) is 29.3 Å². The molecule has 0 bridgehead atoms. The fourth-order valence-corrected chi connectivity index (χ4v) is 2.74. The monoisotopic (exact) mass is 401 g/mol. The van der Waals surface area contributed by atoms with Gasteiger partial charge in [-0.25, -0.2) is 4.39 Å². The quantitative estimate of drug-likeness (QED) is 0.557. The lowest BCUT2D eigenvalue weighted by molar-refractivity contribution is -0.133. The van der Waals surface area contributed by atoms with Crippen molar-refractivity contribution in [2.24, 2.45) is 0 Å². The molecule has 0 fully saturated rings. The highest BCUT2D eigenvalue weighted by Crippen LogP contribution is 2.32. The second kappa shape index (κ2) is 9.08. The van der Waals surface area contributed by atoms with Gasteiger partial charge in [-0.05, 0) is 43.3 Å². The molecule has 2 aromatic carbocycles. The first-order valence-corrected chi connectivity index (χ1v) is 9.00. The van der Waals surface area contributed by atoms with Gasteiger partial charge in [-0.3, -0.25) is 9.59 Å². The number of ether oxygens (including phenoxy) is 1. The molecule has 8 heteroatoms. The molecule has 0 heterocycles. The number of carbonyl (C=O) groups excluding carboxylic acids is 2. The number of thioether (sulfide) groups is 1. The van der Waals surface area contributed by atoms with Crippen molar-refractivity contribution >= 4 is 52.5 Å². The number of esters is 1. The van der Waals surface area contributed by atoms with Crippen molar-refractivity contribution in [3.8, 4) is 5.75 Å². The van der Waals surface area contributed by atoms with Crippen LogP contribution in [0, 0.1) is 5.82 Å². The molecule has 0 aromatic heterocycles. The summed E-state index contributed by atoms with van der Waals surface area (Å²) in [6.45, 7) is 1.62. The van der Waals surface area contributed by atoms with Crippen LogP contribution in [-0.2, 0) is 9.59 Å². The first kappa shape index (κ1) is 19.6. The first-order valence-electron chi connectivity index (χ1n) is 7.19. The summed E-state index contributed by atoms with van der Waals surface area (Å²) in [6.07, 6.45) is 0. The van der Waals surface area contributed by atoms with Crippen molar-refractivity contribution in [1.29, 1.82) is 0 Å². The summed E-state index contributed by atoms with van der Waals surface area (Å²) in [7, 11) is 0. The van der Waals surface area contributed by atoms with Gasteiger partial charge >= 0.3 is 5.97 Å². The van der Waals surface area contributed by atoms with Crippen LogP contribution in [0.15, 0.2) is 42.5 Å². The predicted molar refractivity (Wildman–Crippen MR) is 99.0 cm³/mol. The third-order valence-corrected chi connectivity index (χ3v) is 4.97. The molecule has 0 aliphatic carbocycles. The topological polar surface area (TPSA) is 55.4 Å². The van der Waals surface area contributed by atoms with Gasteiger partial charge in [0.05, 0.1) is 10.8 Å². The van der Waals surface area contributed by atoms with Crippen LogP contribution in [0.5, 0.6) is 5.75 Å². The maximum absolute atomic E-state index is 12.8. The van der Waals surface area contributed by atoms with E-state index in [0.29, 0.717) is 5.69 Å². The van der Waals surface area contributed by atoms with E-state index in [-0.39, 0.29) is 33.3 Å². The zero-order valence-electron chi connectivity index (χ0n) is 13.1. The Morgan fingerprint density at radius 2 is 1.88 bits per heavy atom. The smallest absolute Gasteiger partial charge is 0.324 e. The zero-order valence-corrected chi connectivity index (χ0v) is 15.4. The molecule has 25 heavy (non-hydrogen) atoms. The van der Waals surface area contributed by atoms with Crippen LogP contribution < -0.4 is 10.1 Å². The SMILES string of the molecule is C[C@H](SCC(=O)Nc1ccc(F)cc1)C(=O)Oc1cccc(Cl)c1Cl. The molecule has 2 rings (SSSR count). The maximum Gasteiger partial charge on any atom is 0.324 e. The van der Waals surface area contributed by atoms with E-state index in [4.69, 9.17) is 27.9 Å². The van der Waals surface area contributed by atoms with Crippen molar-refractivity contribution in [3.05, 3.63) is 58.3 Å². The van der Waals surface area contributed by atoms with E-state index in [0.717, 1.165) is 11.8 Å². The minimum Gasteiger partial charge on any atom is -0.424 e. The Hall–Kier alpha value is -1.76. The van der Waals surface area contributed by atoms with Gasteiger partial charge in [0.2, 0.25) is 5.91 Å². The second-order valence-electron chi connectivity index (χ2n) is 4.98. The number of hydrogen-bond donors (Lipinski definition) is 1. The number of halogens is 3. The Bertz CT molecular complexity index is 771. The molecule has 0 saturated carbocycles. The Morgan fingerprint density at radius 3 is 2.56 bits per heavy atom. The average Bonchev–Trinajstić information content (AvgIpc) is 2.58. The second-order valence-corrected chi connectivity index (χ2v) is 7.10. The fraction of sp³-hybridized carbons (Fsp3) is 0.176. The molecule has 0 aliphatic heterocycles. The van der Waals surface area contributed by atoms with Gasteiger partial charge in [-0.15, -0.1) is 11.8 Å². The van der Waals surface area contributed by atoms with Crippen LogP contribution in [-0.4, -0.2) is 22.9 Å². The molecule has 1 amide bonds. The van der Waals surface area contributed by atoms with E-state index < -0.39 is 11.2 Å². The maximum atomic E-state index is 12.8. The molecule has 0 radical (unpaired) electrons. The van der Waals surface area contributed by atoms with Crippen LogP contribution in [0.4, 0.5) is 10.1 Å². The number of rotatable bonds is 6. The molecule has 0 spiro atoms. The Balaban J connectivity index is 1.83. The number of amides is 1. The number of carbonyl (C=O) groups is 2. The summed E-state index contributed by atoms with van der Waals surface area (Å²) < 4.78 is 18.0. The van der Waals surface area contributed by atoms with Crippen molar-refractivity contribution in [1.82, 2.24) is 0 Å². The first-order chi connectivity index (χ1) is 11.9. The molecule has 132 valence electrons. The van der Waals surface area contributed by atoms with Gasteiger partial charge in [0.15, 0.2) is 5.75 Å². The van der Waals surface area contributed by atoms with Crippen molar-refractivity contribution in [2.45, 2.75) is 12.2 Å². The molecule has 0 aliphatic rings. The van der Waals surface area contributed by atoms with Crippen LogP contribution >= 0.6 is 35.0 Å². The van der Waals surface area contributed by atoms with Gasteiger partial charge in [-0.2, -0.15) is 0 Å². The normalized spacial score (nSPS) is 11.7. The standard InChI is InChI=1S/C17H14Cl2FNO3S/c1-10(17(23)24-14-4-2-3-13(18)16(14)19)25-9-15(22)21-12-7-5-11(20)6-8-12/h2-8,10H,9H2,1H3,(H,21,22)/t10-/m0/s1. The van der Waals surface area contributed by atoms with Gasteiger partial charge in [0, 0.05) is 5.69 Å². The molecular formula is C17H14Cl2FNO3S. The Kier molecular flexibility index (Phi) is 7.11. The lowest BCUT2D eigenvalue weighted by Crippen LogP contribution is -2.23. The van der Waals surface area contributed by atoms with E-state index in [1.807, 2.05) is 0 Å². The van der Waals surface area contributed by atoms with E-state index in [1.54, 1.807) is 19.1 Å². The summed E-state index contributed by atoms with van der Waals surface area (Å²) in [5, 5.41) is 2.46. The van der Waals surface area contributed by atoms with Crippen LogP contribution in [0.3, 0.4) is 0 Å². The van der Waals surface area contributed by atoms with E-state index in [1.165, 1.54) is 30.3 Å². The van der Waals surface area contributed by atoms with Crippen molar-refractivity contribution in [2.75, 3.05) is 11.1 Å². The largest absolute Gasteiger partial charge is 0.424 e. The lowest BCUT2D eigenvalue weighted by atomic mass is 10.3. The molecular weight excluding hydrogens is 388 g/mol. The zero-order chi connectivity index (χ0) is 18.4. The van der Waals surface area contributed by atoms with Gasteiger partial charge in [0.25, 0.3) is 0 Å². The molecule has 0 unspecified atom stereocenters. The highest BCUT2D eigenvalue weighted by molar-refractivity contribution is 8.01. The number of nitrogens with one attached hydrogen (secondary N) is 1. The van der Waals surface area contributed by atoms with Crippen molar-refractivity contribution < 1.29 is 18.7 Å². The molecule has 1 atom stereocenters. The van der Waals surface area contributed by atoms with E-state index in [9.17, 15) is 14.0 Å². The van der Waals surface area contributed by atoms with Crippen LogP contribution in [0.25, 0.3) is 0 Å². The van der Waals surface area contributed by atoms with E-state index in [2.05, 4.69) is 5.32 Å². The van der Waals surface area contributed by atoms with Crippen LogP contribution in [0.1, 0.15) is 6.92 Å².